The van der Waals surface area contributed by atoms with E-state index in [1.54, 1.807) is 36.8 Å². The van der Waals surface area contributed by atoms with Gasteiger partial charge in [0.2, 0.25) is 5.91 Å². The minimum absolute atomic E-state index is 0.0543. The molecule has 1 N–H and O–H groups in total. The highest BCUT2D eigenvalue weighted by molar-refractivity contribution is 5.79. The van der Waals surface area contributed by atoms with Gasteiger partial charge in [-0.25, -0.2) is 4.79 Å². The normalized spacial score (nSPS) is 10.9. The van der Waals surface area contributed by atoms with Crippen LogP contribution in [0.4, 0.5) is 0 Å². The van der Waals surface area contributed by atoms with Crippen LogP contribution in [0.3, 0.4) is 0 Å². The van der Waals surface area contributed by atoms with E-state index >= 15 is 0 Å². The van der Waals surface area contributed by atoms with Gasteiger partial charge in [-0.1, -0.05) is 12.1 Å². The van der Waals surface area contributed by atoms with Crippen molar-refractivity contribution in [2.75, 3.05) is 6.54 Å². The summed E-state index contributed by atoms with van der Waals surface area (Å²) >= 11 is 0. The van der Waals surface area contributed by atoms with Gasteiger partial charge >= 0.3 is 5.76 Å². The van der Waals surface area contributed by atoms with Crippen LogP contribution in [0.25, 0.3) is 11.1 Å². The largest absolute Gasteiger partial charge is 0.472 e. The number of fused-ring (bicyclic) bond motifs is 1. The maximum atomic E-state index is 11.9. The van der Waals surface area contributed by atoms with Crippen LogP contribution in [0, 0.1) is 0 Å². The number of nitrogens with one attached hydrogen (secondary N) is 1. The van der Waals surface area contributed by atoms with Crippen LogP contribution in [0.15, 0.2) is 56.5 Å². The molecule has 0 atom stereocenters. The van der Waals surface area contributed by atoms with Crippen molar-refractivity contribution in [2.24, 2.45) is 0 Å². The predicted octanol–water partition coefficient (Wildman–Crippen LogP) is 1.55. The van der Waals surface area contributed by atoms with Crippen LogP contribution in [0.1, 0.15) is 5.56 Å². The number of oxazole rings is 1. The first-order valence-electron chi connectivity index (χ1n) is 6.60. The second-order valence-corrected chi connectivity index (χ2v) is 4.65. The summed E-state index contributed by atoms with van der Waals surface area (Å²) < 4.78 is 11.4. The molecule has 0 spiro atoms. The van der Waals surface area contributed by atoms with E-state index in [1.165, 1.54) is 4.57 Å². The van der Waals surface area contributed by atoms with E-state index in [-0.39, 0.29) is 12.5 Å². The van der Waals surface area contributed by atoms with Crippen LogP contribution in [-0.4, -0.2) is 17.0 Å². The molecule has 0 saturated carbocycles. The van der Waals surface area contributed by atoms with Gasteiger partial charge in [0, 0.05) is 6.54 Å². The van der Waals surface area contributed by atoms with Gasteiger partial charge < -0.3 is 14.2 Å². The molecular weight excluding hydrogens is 272 g/mol. The Morgan fingerprint density at radius 3 is 2.90 bits per heavy atom. The number of para-hydroxylation sites is 2. The second-order valence-electron chi connectivity index (χ2n) is 4.65. The van der Waals surface area contributed by atoms with Gasteiger partial charge in [0.25, 0.3) is 0 Å². The highest BCUT2D eigenvalue weighted by Crippen LogP contribution is 2.11. The number of hydrogen-bond acceptors (Lipinski definition) is 4. The van der Waals surface area contributed by atoms with Gasteiger partial charge in [0.1, 0.15) is 6.54 Å². The summed E-state index contributed by atoms with van der Waals surface area (Å²) in [6.07, 6.45) is 3.91. The Kier molecular flexibility index (Phi) is 3.59. The molecule has 2 heterocycles. The summed E-state index contributed by atoms with van der Waals surface area (Å²) in [5, 5.41) is 2.77. The molecule has 0 fully saturated rings. The van der Waals surface area contributed by atoms with E-state index in [4.69, 9.17) is 8.83 Å². The van der Waals surface area contributed by atoms with Gasteiger partial charge in [-0.2, -0.15) is 0 Å². The molecule has 0 unspecified atom stereocenters. The Morgan fingerprint density at radius 1 is 1.24 bits per heavy atom. The minimum Gasteiger partial charge on any atom is -0.472 e. The quantitative estimate of drug-likeness (QED) is 0.772. The molecule has 0 bridgehead atoms. The maximum absolute atomic E-state index is 11.9. The molecule has 108 valence electrons. The molecule has 0 aliphatic heterocycles. The maximum Gasteiger partial charge on any atom is 0.420 e. The summed E-state index contributed by atoms with van der Waals surface area (Å²) in [6.45, 7) is 0.435. The van der Waals surface area contributed by atoms with E-state index in [1.807, 2.05) is 6.07 Å². The smallest absolute Gasteiger partial charge is 0.420 e. The average molecular weight is 286 g/mol. The van der Waals surface area contributed by atoms with Crippen LogP contribution in [0.5, 0.6) is 0 Å². The zero-order valence-corrected chi connectivity index (χ0v) is 11.2. The predicted molar refractivity (Wildman–Crippen MR) is 75.9 cm³/mol. The average Bonchev–Trinajstić information content (AvgIpc) is 3.08. The molecule has 6 heteroatoms. The van der Waals surface area contributed by atoms with E-state index < -0.39 is 5.76 Å². The Hall–Kier alpha value is -2.76. The lowest BCUT2D eigenvalue weighted by Gasteiger charge is -2.04. The number of nitrogens with zero attached hydrogens (tertiary/aromatic N) is 1. The van der Waals surface area contributed by atoms with Crippen molar-refractivity contribution in [3.8, 4) is 0 Å². The van der Waals surface area contributed by atoms with Crippen molar-refractivity contribution in [3.63, 3.8) is 0 Å². The second kappa shape index (κ2) is 5.70. The van der Waals surface area contributed by atoms with Crippen LogP contribution in [-0.2, 0) is 17.8 Å². The first kappa shape index (κ1) is 13.2. The van der Waals surface area contributed by atoms with Crippen molar-refractivity contribution >= 4 is 17.0 Å². The van der Waals surface area contributed by atoms with E-state index in [9.17, 15) is 9.59 Å². The molecule has 3 rings (SSSR count). The number of hydrogen-bond donors (Lipinski definition) is 1. The summed E-state index contributed by atoms with van der Waals surface area (Å²) in [5.74, 6) is -0.756. The Morgan fingerprint density at radius 2 is 2.10 bits per heavy atom. The third-order valence-corrected chi connectivity index (χ3v) is 3.19. The van der Waals surface area contributed by atoms with E-state index in [0.29, 0.717) is 24.1 Å². The molecule has 21 heavy (non-hydrogen) atoms. The molecule has 1 aromatic carbocycles. The highest BCUT2D eigenvalue weighted by atomic mass is 16.4. The van der Waals surface area contributed by atoms with Gasteiger partial charge in [-0.05, 0) is 30.2 Å². The summed E-state index contributed by atoms with van der Waals surface area (Å²) in [6, 6.07) is 8.87. The standard InChI is InChI=1S/C15H14N2O4/c18-14(16-7-5-11-6-8-20-10-11)9-17-12-3-1-2-4-13(12)21-15(17)19/h1-4,6,8,10H,5,7,9H2,(H,16,18). The summed E-state index contributed by atoms with van der Waals surface area (Å²) in [5.41, 5.74) is 2.11. The van der Waals surface area contributed by atoms with Crippen molar-refractivity contribution < 1.29 is 13.6 Å². The molecule has 0 saturated heterocycles. The van der Waals surface area contributed by atoms with Gasteiger partial charge in [-0.15, -0.1) is 0 Å². The molecule has 0 radical (unpaired) electrons. The van der Waals surface area contributed by atoms with E-state index in [2.05, 4.69) is 5.32 Å². The van der Waals surface area contributed by atoms with Gasteiger partial charge in [-0.3, -0.25) is 9.36 Å². The molecule has 2 aromatic heterocycles. The van der Waals surface area contributed by atoms with E-state index in [0.717, 1.165) is 5.56 Å². The molecule has 6 nitrogen and oxygen atoms in total. The Bertz CT molecular complexity index is 799. The summed E-state index contributed by atoms with van der Waals surface area (Å²) in [7, 11) is 0. The molecular formula is C15H14N2O4. The fraction of sp³-hybridized carbons (Fsp3) is 0.200. The first-order chi connectivity index (χ1) is 10.2. The number of carbonyl (C=O) groups is 1. The Labute approximate surface area is 120 Å². The fourth-order valence-corrected chi connectivity index (χ4v) is 2.14. The van der Waals surface area contributed by atoms with Crippen molar-refractivity contribution in [2.45, 2.75) is 13.0 Å². The monoisotopic (exact) mass is 286 g/mol. The van der Waals surface area contributed by atoms with Crippen molar-refractivity contribution in [1.29, 1.82) is 0 Å². The number of rotatable bonds is 5. The highest BCUT2D eigenvalue weighted by Gasteiger charge is 2.11. The zero-order valence-electron chi connectivity index (χ0n) is 11.2. The van der Waals surface area contributed by atoms with Crippen molar-refractivity contribution in [1.82, 2.24) is 9.88 Å². The summed E-state index contributed by atoms with van der Waals surface area (Å²) in [4.78, 5) is 23.6. The topological polar surface area (TPSA) is 77.4 Å². The van der Waals surface area contributed by atoms with Crippen LogP contribution < -0.4 is 11.1 Å². The lowest BCUT2D eigenvalue weighted by atomic mass is 10.2. The van der Waals surface area contributed by atoms with Crippen LogP contribution in [0.2, 0.25) is 0 Å². The van der Waals surface area contributed by atoms with Gasteiger partial charge in [0.05, 0.1) is 18.0 Å². The number of benzene rings is 1. The molecule has 3 aromatic rings. The third-order valence-electron chi connectivity index (χ3n) is 3.19. The van der Waals surface area contributed by atoms with Gasteiger partial charge in [0.15, 0.2) is 5.58 Å². The SMILES string of the molecule is O=C(Cn1c(=O)oc2ccccc21)NCCc1ccoc1. The number of amides is 1. The third kappa shape index (κ3) is 2.89. The van der Waals surface area contributed by atoms with Crippen molar-refractivity contribution in [3.05, 3.63) is 59.0 Å². The number of carbonyl (C=O) groups excluding carboxylic acids is 1. The zero-order chi connectivity index (χ0) is 14.7. The minimum atomic E-state index is -0.527. The van der Waals surface area contributed by atoms with Crippen LogP contribution >= 0.6 is 0 Å². The lowest BCUT2D eigenvalue weighted by Crippen LogP contribution is -2.32. The molecule has 1 amide bonds. The lowest BCUT2D eigenvalue weighted by molar-refractivity contribution is -0.121. The number of aromatic nitrogens is 1. The number of furan rings is 1. The molecule has 0 aliphatic carbocycles. The molecule has 0 aliphatic rings. The Balaban J connectivity index is 1.63. The first-order valence-corrected chi connectivity index (χ1v) is 6.60. The fourth-order valence-electron chi connectivity index (χ4n) is 2.14.